The van der Waals surface area contributed by atoms with E-state index in [1.165, 1.54) is 26.7 Å². The van der Waals surface area contributed by atoms with Crippen LogP contribution in [0.3, 0.4) is 0 Å². The van der Waals surface area contributed by atoms with Gasteiger partial charge in [0.25, 0.3) is 5.91 Å². The molecule has 3 amide bonds. The molecule has 0 saturated carbocycles. The predicted molar refractivity (Wildman–Crippen MR) is 274 cm³/mol. The van der Waals surface area contributed by atoms with Gasteiger partial charge in [0.2, 0.25) is 23.5 Å². The zero-order valence-corrected chi connectivity index (χ0v) is 44.2. The lowest BCUT2D eigenvalue weighted by molar-refractivity contribution is -0.126. The molecule has 4 atom stereocenters. The number of carbonyl (C=O) groups is 3. The molecule has 2 unspecified atom stereocenters. The van der Waals surface area contributed by atoms with Gasteiger partial charge in [-0.25, -0.2) is 25.6 Å². The normalized spacial score (nSPS) is 20.7. The molecule has 2 fully saturated rings. The molecule has 0 aliphatic carbocycles. The van der Waals surface area contributed by atoms with Gasteiger partial charge < -0.3 is 40.7 Å². The predicted octanol–water partition coefficient (Wildman–Crippen LogP) is 4.62. The van der Waals surface area contributed by atoms with Crippen LogP contribution in [0.15, 0.2) is 87.1 Å². The van der Waals surface area contributed by atoms with Crippen molar-refractivity contribution in [2.45, 2.75) is 86.2 Å². The first kappa shape index (κ1) is 55.1. The van der Waals surface area contributed by atoms with E-state index in [4.69, 9.17) is 43.9 Å². The Bertz CT molecular complexity index is 3390. The number of sulfone groups is 2. The van der Waals surface area contributed by atoms with Crippen LogP contribution in [-0.4, -0.2) is 120 Å². The lowest BCUT2D eigenvalue weighted by atomic mass is 10.1. The highest BCUT2D eigenvalue weighted by atomic mass is 35.5. The van der Waals surface area contributed by atoms with Gasteiger partial charge in [0, 0.05) is 10.0 Å². The number of halogens is 5. The molecule has 0 spiro atoms. The maximum absolute atomic E-state index is 15.4. The second kappa shape index (κ2) is 21.4. The van der Waals surface area contributed by atoms with Crippen LogP contribution in [0, 0.1) is 11.6 Å². The smallest absolute Gasteiger partial charge is 0.325 e. The fraction of sp³-hybridized carbons (Fsp3) is 0.362. The molecule has 75 heavy (non-hydrogen) atoms. The number of carbonyl (C=O) groups excluding carboxylic acids is 3. The van der Waals surface area contributed by atoms with Crippen LogP contribution >= 0.6 is 35.6 Å². The Kier molecular flexibility index (Phi) is 15.7. The number of fused-ring (bicyclic) bond motifs is 4. The van der Waals surface area contributed by atoms with Gasteiger partial charge in [0.05, 0.1) is 100 Å². The number of nitrogens with one attached hydrogen (secondary N) is 1. The number of hydrogen-bond donors (Lipinski definition) is 3. The average molecular weight is 1130 g/mol. The topological polar surface area (TPSA) is 285 Å². The highest BCUT2D eigenvalue weighted by Crippen LogP contribution is 2.40. The zero-order valence-electron chi connectivity index (χ0n) is 40.2. The molecule has 398 valence electrons. The van der Waals surface area contributed by atoms with Gasteiger partial charge in [0.1, 0.15) is 17.7 Å². The first-order valence-corrected chi connectivity index (χ1v) is 27.1. The Balaban J connectivity index is 0.000000197. The number of amides is 3. The van der Waals surface area contributed by atoms with E-state index in [2.05, 4.69) is 30.9 Å². The minimum absolute atomic E-state index is 0. The summed E-state index contributed by atoms with van der Waals surface area (Å²) < 4.78 is 94.5. The molecule has 28 heteroatoms. The SMILES string of the molecule is CC(C)(C)n1nnc(-c2cc3c(cc2F)S(=O)(=O)C[C@H](NC(=O)CN)C(=O)N3Cc2ccc(Cl)cc2)n1.Cl.N[C@H]1CS(=O)(=O)c2cc(F)c(-c3noc(N4C5CCC4COC5)n3)cc2N(Cc2ccc(Cl)cc2)C1=O. The van der Waals surface area contributed by atoms with Gasteiger partial charge in [0.15, 0.2) is 19.7 Å². The number of hydrogen-bond acceptors (Lipinski definition) is 17. The Hall–Kier alpha value is -6.19. The van der Waals surface area contributed by atoms with Gasteiger partial charge in [-0.2, -0.15) is 9.78 Å². The largest absolute Gasteiger partial charge is 0.377 e. The Morgan fingerprint density at radius 2 is 1.29 bits per heavy atom. The molecule has 10 rings (SSSR count). The molecule has 2 aromatic heterocycles. The monoisotopic (exact) mass is 1130 g/mol. The molecule has 2 saturated heterocycles. The van der Waals surface area contributed by atoms with Crippen LogP contribution < -0.4 is 31.5 Å². The minimum Gasteiger partial charge on any atom is -0.377 e. The van der Waals surface area contributed by atoms with E-state index in [9.17, 15) is 31.2 Å². The van der Waals surface area contributed by atoms with Crippen molar-refractivity contribution in [3.63, 3.8) is 0 Å². The van der Waals surface area contributed by atoms with Crippen LogP contribution in [-0.2, 0) is 57.4 Å². The van der Waals surface area contributed by atoms with Crippen molar-refractivity contribution in [3.05, 3.63) is 106 Å². The summed E-state index contributed by atoms with van der Waals surface area (Å²) in [6.07, 6.45) is 1.85. The van der Waals surface area contributed by atoms with Gasteiger partial charge in [-0.3, -0.25) is 14.4 Å². The number of anilines is 3. The van der Waals surface area contributed by atoms with E-state index in [0.29, 0.717) is 34.4 Å². The van der Waals surface area contributed by atoms with Crippen molar-refractivity contribution in [3.8, 4) is 22.8 Å². The van der Waals surface area contributed by atoms with Gasteiger partial charge in [-0.15, -0.1) is 22.6 Å². The Morgan fingerprint density at radius 3 is 1.80 bits per heavy atom. The Labute approximate surface area is 445 Å². The lowest BCUT2D eigenvalue weighted by Gasteiger charge is -2.32. The fourth-order valence-corrected chi connectivity index (χ4v) is 12.4. The molecule has 4 aliphatic heterocycles. The molecule has 6 aromatic rings. The van der Waals surface area contributed by atoms with E-state index >= 15 is 8.78 Å². The summed E-state index contributed by atoms with van der Waals surface area (Å²) in [6.45, 7) is 6.07. The maximum Gasteiger partial charge on any atom is 0.325 e. The molecule has 5 N–H and O–H groups in total. The second-order valence-electron chi connectivity index (χ2n) is 19.0. The summed E-state index contributed by atoms with van der Waals surface area (Å²) in [7, 11) is -8.29. The minimum atomic E-state index is -4.23. The van der Waals surface area contributed by atoms with Crippen LogP contribution in [0.2, 0.25) is 10.0 Å². The number of morpholine rings is 1. The molecular formula is C47H49Cl3F2N12O9S2. The van der Waals surface area contributed by atoms with Gasteiger partial charge >= 0.3 is 6.01 Å². The molecule has 0 radical (unpaired) electrons. The van der Waals surface area contributed by atoms with E-state index in [0.717, 1.165) is 25.0 Å². The van der Waals surface area contributed by atoms with Crippen molar-refractivity contribution in [1.82, 2.24) is 35.7 Å². The summed E-state index contributed by atoms with van der Waals surface area (Å²) in [4.78, 5) is 48.3. The van der Waals surface area contributed by atoms with Crippen LogP contribution in [0.1, 0.15) is 44.7 Å². The summed E-state index contributed by atoms with van der Waals surface area (Å²) >= 11 is 12.0. The van der Waals surface area contributed by atoms with Crippen molar-refractivity contribution >= 4 is 90.4 Å². The molecule has 21 nitrogen and oxygen atoms in total. The Morgan fingerprint density at radius 1 is 0.787 bits per heavy atom. The third kappa shape index (κ3) is 11.4. The van der Waals surface area contributed by atoms with Crippen molar-refractivity contribution < 1.29 is 49.3 Å². The first-order chi connectivity index (χ1) is 35.0. The zero-order chi connectivity index (χ0) is 53.0. The highest BCUT2D eigenvalue weighted by molar-refractivity contribution is 7.92. The van der Waals surface area contributed by atoms with E-state index < -0.39 is 89.6 Å². The molecule has 6 heterocycles. The molecule has 2 bridgehead atoms. The van der Waals surface area contributed by atoms with E-state index in [1.54, 1.807) is 48.5 Å². The number of rotatable bonds is 9. The molecular weight excluding hydrogens is 1090 g/mol. The third-order valence-electron chi connectivity index (χ3n) is 12.7. The van der Waals surface area contributed by atoms with Crippen LogP contribution in [0.5, 0.6) is 0 Å². The number of nitrogens with zero attached hydrogens (tertiary/aromatic N) is 9. The van der Waals surface area contributed by atoms with Crippen molar-refractivity contribution in [2.24, 2.45) is 11.5 Å². The average Bonchev–Trinajstić information content (AvgIpc) is 4.09. The standard InChI is InChI=1S/C24H23ClFN5O5S.C23H25ClFN7O4S.ClH/c25-14-3-1-13(2-4-14)9-30-20-7-17(18(26)8-21(20)37(33,34)12-19(27)23(30)32)22-28-24(36-29-22)31-15-5-6-16(31)11-35-10-15;1-23(2,3)32-29-21(28-30-32)15-8-18-19(9-16(15)25)37(35,36)12-17(27-20(33)10-26)22(34)31(18)11-13-4-6-14(24)7-5-13;/h1-4,7-8,15-16,19H,5-6,9-12,27H2;4-9,17H,10-12,26H2,1-3H3,(H,27,33);1H/t15?,16?,19-;17-;/m00./s1. The maximum atomic E-state index is 15.4. The van der Waals surface area contributed by atoms with Crippen molar-refractivity contribution in [2.75, 3.05) is 46.0 Å². The number of aromatic nitrogens is 6. The quantitative estimate of drug-likeness (QED) is 0.178. The summed E-state index contributed by atoms with van der Waals surface area (Å²) in [5.74, 6) is -5.31. The third-order valence-corrected chi connectivity index (χ3v) is 16.8. The van der Waals surface area contributed by atoms with Gasteiger partial charge in [-0.05, 0) is 98.5 Å². The summed E-state index contributed by atoms with van der Waals surface area (Å²) in [6, 6.07) is 15.3. The summed E-state index contributed by atoms with van der Waals surface area (Å²) in [5, 5.41) is 19.5. The lowest BCUT2D eigenvalue weighted by Crippen LogP contribution is -2.51. The van der Waals surface area contributed by atoms with Gasteiger partial charge in [-0.1, -0.05) is 52.6 Å². The molecule has 4 aromatic carbocycles. The van der Waals surface area contributed by atoms with E-state index in [1.807, 2.05) is 25.7 Å². The summed E-state index contributed by atoms with van der Waals surface area (Å²) in [5.41, 5.74) is 11.8. The molecule has 4 aliphatic rings. The highest BCUT2D eigenvalue weighted by Gasteiger charge is 2.43. The van der Waals surface area contributed by atoms with E-state index in [-0.39, 0.29) is 82.6 Å². The number of tetrazole rings is 1. The second-order valence-corrected chi connectivity index (χ2v) is 23.9. The van der Waals surface area contributed by atoms with Crippen LogP contribution in [0.25, 0.3) is 22.8 Å². The first-order valence-electron chi connectivity index (χ1n) is 23.0. The number of benzene rings is 4. The van der Waals surface area contributed by atoms with Crippen LogP contribution in [0.4, 0.5) is 26.2 Å². The fourth-order valence-electron chi connectivity index (χ4n) is 8.96. The number of ether oxygens (including phenoxy) is 1. The number of nitrogens with two attached hydrogens (primary N) is 2. The van der Waals surface area contributed by atoms with Crippen molar-refractivity contribution in [1.29, 1.82) is 0 Å².